The summed E-state index contributed by atoms with van der Waals surface area (Å²) in [6, 6.07) is 10.3. The summed E-state index contributed by atoms with van der Waals surface area (Å²) in [5.41, 5.74) is 1.91. The lowest BCUT2D eigenvalue weighted by molar-refractivity contribution is -0.0996. The highest BCUT2D eigenvalue weighted by molar-refractivity contribution is 6.77. The molecule has 0 aliphatic heterocycles. The van der Waals surface area contributed by atoms with Crippen LogP contribution in [0.2, 0.25) is 16.6 Å². The lowest BCUT2D eigenvalue weighted by Gasteiger charge is -2.57. The maximum atomic E-state index is 12.0. The van der Waals surface area contributed by atoms with Crippen LogP contribution in [0, 0.1) is 35.0 Å². The number of rotatable bonds is 14. The minimum Gasteiger partial charge on any atom is -0.416 e. The topological polar surface area (TPSA) is 38.7 Å². The molecule has 0 spiro atoms. The van der Waals surface area contributed by atoms with Gasteiger partial charge in [0.15, 0.2) is 8.32 Å². The third kappa shape index (κ3) is 7.00. The first kappa shape index (κ1) is 32.3. The van der Waals surface area contributed by atoms with Crippen molar-refractivity contribution in [2.75, 3.05) is 13.2 Å². The van der Waals surface area contributed by atoms with Gasteiger partial charge in [0.2, 0.25) is 0 Å². The summed E-state index contributed by atoms with van der Waals surface area (Å²) in [5.74, 6) is 2.23. The second-order valence-electron chi connectivity index (χ2n) is 14.3. The van der Waals surface area contributed by atoms with Crippen LogP contribution in [-0.2, 0) is 15.8 Å². The average molecular weight is 555 g/mol. The summed E-state index contributed by atoms with van der Waals surface area (Å²) >= 11 is 0. The van der Waals surface area contributed by atoms with Crippen molar-refractivity contribution in [1.82, 2.24) is 0 Å². The fourth-order valence-corrected chi connectivity index (χ4v) is 13.4. The van der Waals surface area contributed by atoms with Crippen molar-refractivity contribution < 1.29 is 14.3 Å². The number of benzene rings is 1. The Kier molecular flexibility index (Phi) is 10.9. The number of aliphatic hydroxyl groups is 1. The lowest BCUT2D eigenvalue weighted by atomic mass is 9.51. The Morgan fingerprint density at radius 1 is 0.923 bits per heavy atom. The predicted molar refractivity (Wildman–Crippen MR) is 168 cm³/mol. The van der Waals surface area contributed by atoms with Gasteiger partial charge in [-0.2, -0.15) is 0 Å². The largest absolute Gasteiger partial charge is 0.416 e. The van der Waals surface area contributed by atoms with Crippen LogP contribution < -0.4 is 0 Å². The maximum absolute atomic E-state index is 12.0. The number of allylic oxidation sites excluding steroid dienone is 1. The fourth-order valence-electron chi connectivity index (χ4n) is 7.91. The predicted octanol–water partition coefficient (Wildman–Crippen LogP) is 9.19. The Morgan fingerprint density at radius 3 is 2.08 bits per heavy atom. The Labute approximate surface area is 241 Å². The van der Waals surface area contributed by atoms with Crippen molar-refractivity contribution in [3.8, 4) is 0 Å². The summed E-state index contributed by atoms with van der Waals surface area (Å²) in [6.45, 7) is 25.6. The Bertz CT molecular complexity index is 930. The van der Waals surface area contributed by atoms with Gasteiger partial charge in [0.1, 0.15) is 0 Å². The van der Waals surface area contributed by atoms with E-state index in [1.54, 1.807) is 0 Å². The van der Waals surface area contributed by atoms with Crippen LogP contribution in [0.4, 0.5) is 0 Å². The zero-order valence-electron chi connectivity index (χ0n) is 26.6. The zero-order valence-corrected chi connectivity index (χ0v) is 27.6. The van der Waals surface area contributed by atoms with Gasteiger partial charge in [0, 0.05) is 12.0 Å². The van der Waals surface area contributed by atoms with Crippen molar-refractivity contribution in [2.45, 2.75) is 111 Å². The van der Waals surface area contributed by atoms with Gasteiger partial charge < -0.3 is 14.3 Å². The van der Waals surface area contributed by atoms with Gasteiger partial charge >= 0.3 is 0 Å². The molecule has 0 amide bonds. The molecular weight excluding hydrogens is 496 g/mol. The summed E-state index contributed by atoms with van der Waals surface area (Å²) in [6.07, 6.45) is 10.8. The van der Waals surface area contributed by atoms with Crippen molar-refractivity contribution in [3.05, 3.63) is 60.2 Å². The van der Waals surface area contributed by atoms with Gasteiger partial charge in [-0.15, -0.1) is 0 Å². The number of hydrogen-bond acceptors (Lipinski definition) is 3. The molecule has 1 aromatic rings. The number of hydrogen-bond donors (Lipinski definition) is 1. The molecule has 4 heteroatoms. The van der Waals surface area contributed by atoms with Gasteiger partial charge in [0.05, 0.1) is 18.8 Å². The zero-order chi connectivity index (χ0) is 29.0. The van der Waals surface area contributed by atoms with E-state index in [0.29, 0.717) is 53.5 Å². The molecule has 2 bridgehead atoms. The third-order valence-corrected chi connectivity index (χ3v) is 16.4. The fraction of sp³-hybridized carbons (Fsp3) is 0.714. The molecule has 1 fully saturated rings. The van der Waals surface area contributed by atoms with Crippen LogP contribution >= 0.6 is 0 Å². The molecule has 6 atom stereocenters. The molecule has 220 valence electrons. The quantitative estimate of drug-likeness (QED) is 0.184. The highest BCUT2D eigenvalue weighted by atomic mass is 28.4. The van der Waals surface area contributed by atoms with Crippen LogP contribution in [-0.4, -0.2) is 32.2 Å². The molecule has 3 nitrogen and oxygen atoms in total. The molecular formula is C35H58O3Si. The number of ether oxygens (including phenoxy) is 1. The lowest BCUT2D eigenvalue weighted by Crippen LogP contribution is -2.56. The van der Waals surface area contributed by atoms with Crippen LogP contribution in [0.25, 0.3) is 0 Å². The summed E-state index contributed by atoms with van der Waals surface area (Å²) in [4.78, 5) is 0. The van der Waals surface area contributed by atoms with Crippen LogP contribution in [0.3, 0.4) is 0 Å². The van der Waals surface area contributed by atoms with E-state index in [-0.39, 0.29) is 11.3 Å². The van der Waals surface area contributed by atoms with E-state index in [1.165, 1.54) is 5.56 Å². The summed E-state index contributed by atoms with van der Waals surface area (Å²) in [5, 5.41) is 12.0. The van der Waals surface area contributed by atoms with Crippen molar-refractivity contribution in [3.63, 3.8) is 0 Å². The molecule has 3 aliphatic carbocycles. The van der Waals surface area contributed by atoms with Gasteiger partial charge in [-0.1, -0.05) is 124 Å². The van der Waals surface area contributed by atoms with Gasteiger partial charge in [0.25, 0.3) is 0 Å². The van der Waals surface area contributed by atoms with Crippen molar-refractivity contribution in [1.29, 1.82) is 0 Å². The van der Waals surface area contributed by atoms with E-state index in [1.807, 2.05) is 18.2 Å². The van der Waals surface area contributed by atoms with Crippen LogP contribution in [0.15, 0.2) is 54.6 Å². The summed E-state index contributed by atoms with van der Waals surface area (Å²) < 4.78 is 13.1. The molecule has 1 aromatic carbocycles. The molecule has 0 radical (unpaired) electrons. The van der Waals surface area contributed by atoms with E-state index in [9.17, 15) is 5.11 Å². The van der Waals surface area contributed by atoms with E-state index in [0.717, 1.165) is 19.4 Å². The summed E-state index contributed by atoms with van der Waals surface area (Å²) in [7, 11) is -1.92. The molecule has 1 N–H and O–H groups in total. The Balaban J connectivity index is 1.68. The monoisotopic (exact) mass is 554 g/mol. The Hall–Kier alpha value is -1.20. The van der Waals surface area contributed by atoms with Gasteiger partial charge in [-0.25, -0.2) is 0 Å². The van der Waals surface area contributed by atoms with Crippen molar-refractivity contribution in [2.24, 2.45) is 35.0 Å². The second kappa shape index (κ2) is 13.2. The number of fused-ring (bicyclic) bond motifs is 2. The molecule has 3 aliphatic rings. The van der Waals surface area contributed by atoms with E-state index in [4.69, 9.17) is 9.16 Å². The maximum Gasteiger partial charge on any atom is 0.200 e. The van der Waals surface area contributed by atoms with Crippen LogP contribution in [0.1, 0.15) is 87.6 Å². The minimum atomic E-state index is -1.92. The standard InChI is InChI=1S/C35H58O3Si/c1-25(2)33(24-38-39(26(3)4,27(5)6)28(7)8)32-21-34(10)18-17-31(32)20-35(34,36)19-16-29(9)22-37-23-30-14-12-11-13-15-30/h11-19,25-29,31-33,36H,20-24H2,1-10H3/b19-16+/t29-,31?,32?,33?,34?,35?/m0/s1. The first-order chi connectivity index (χ1) is 18.3. The van der Waals surface area contributed by atoms with E-state index in [2.05, 4.69) is 106 Å². The molecule has 39 heavy (non-hydrogen) atoms. The van der Waals surface area contributed by atoms with Gasteiger partial charge in [-0.3, -0.25) is 0 Å². The van der Waals surface area contributed by atoms with Gasteiger partial charge in [-0.05, 0) is 64.6 Å². The second-order valence-corrected chi connectivity index (χ2v) is 19.8. The highest BCUT2D eigenvalue weighted by Crippen LogP contribution is 2.58. The third-order valence-electron chi connectivity index (χ3n) is 10.3. The molecule has 5 unspecified atom stereocenters. The first-order valence-corrected chi connectivity index (χ1v) is 17.8. The SMILES string of the molecule is CC(C)C(CO[Si](C(C)C)(C(C)C)C(C)C)C1CC2(C)C=CC1CC2(O)/C=C/[C@H](C)COCc1ccccc1. The van der Waals surface area contributed by atoms with Crippen molar-refractivity contribution >= 4 is 8.32 Å². The highest BCUT2D eigenvalue weighted by Gasteiger charge is 2.56. The Morgan fingerprint density at radius 2 is 1.54 bits per heavy atom. The van der Waals surface area contributed by atoms with E-state index >= 15 is 0 Å². The first-order valence-electron chi connectivity index (χ1n) is 15.6. The molecule has 1 saturated carbocycles. The molecule has 0 saturated heterocycles. The minimum absolute atomic E-state index is 0.250. The normalized spacial score (nSPS) is 28.9. The molecule has 4 rings (SSSR count). The molecule has 0 aromatic heterocycles. The van der Waals surface area contributed by atoms with Crippen LogP contribution in [0.5, 0.6) is 0 Å². The van der Waals surface area contributed by atoms with E-state index < -0.39 is 13.9 Å². The molecule has 0 heterocycles. The average Bonchev–Trinajstić information content (AvgIpc) is 2.86. The smallest absolute Gasteiger partial charge is 0.200 e.